The van der Waals surface area contributed by atoms with Gasteiger partial charge in [0.25, 0.3) is 0 Å². The number of thiophene rings is 1. The highest BCUT2D eigenvalue weighted by Crippen LogP contribution is 2.14. The lowest BCUT2D eigenvalue weighted by atomic mass is 10.1. The van der Waals surface area contributed by atoms with Crippen LogP contribution in [0.25, 0.3) is 0 Å². The van der Waals surface area contributed by atoms with Crippen LogP contribution in [0.15, 0.2) is 17.5 Å². The molecule has 0 aliphatic carbocycles. The molecule has 2 heteroatoms. The summed E-state index contributed by atoms with van der Waals surface area (Å²) < 4.78 is 0. The largest absolute Gasteiger partial charge is 0.149 e. The van der Waals surface area contributed by atoms with Crippen molar-refractivity contribution in [3.8, 4) is 0 Å². The van der Waals surface area contributed by atoms with Gasteiger partial charge in [-0.2, -0.15) is 0 Å². The Kier molecular flexibility index (Phi) is 4.70. The summed E-state index contributed by atoms with van der Waals surface area (Å²) in [6, 6.07) is 4.32. The third-order valence-corrected chi connectivity index (χ3v) is 3.01. The molecule has 0 aliphatic rings. The summed E-state index contributed by atoms with van der Waals surface area (Å²) >= 11 is 7.69. The number of hydrogen-bond acceptors (Lipinski definition) is 1. The highest BCUT2D eigenvalue weighted by molar-refractivity contribution is 7.09. The summed E-state index contributed by atoms with van der Waals surface area (Å²) in [5, 5.41) is 2.48. The normalized spacial score (nSPS) is 13.2. The maximum Gasteiger partial charge on any atom is 0.0307 e. The van der Waals surface area contributed by atoms with Crippen molar-refractivity contribution in [2.75, 3.05) is 0 Å². The molecule has 1 heterocycles. The van der Waals surface area contributed by atoms with Crippen molar-refractivity contribution < 1.29 is 0 Å². The summed E-state index contributed by atoms with van der Waals surface area (Å²) in [5.74, 6) is 0. The molecule has 1 atom stereocenters. The van der Waals surface area contributed by atoms with Crippen LogP contribution in [-0.4, -0.2) is 5.38 Å². The molecule has 0 aliphatic heterocycles. The fraction of sp³-hybridized carbons (Fsp3) is 0.600. The topological polar surface area (TPSA) is 0 Å². The van der Waals surface area contributed by atoms with Crippen molar-refractivity contribution in [2.24, 2.45) is 0 Å². The van der Waals surface area contributed by atoms with Crippen LogP contribution in [0.3, 0.4) is 0 Å². The first-order chi connectivity index (χ1) is 5.79. The fourth-order valence-corrected chi connectivity index (χ4v) is 2.09. The lowest BCUT2D eigenvalue weighted by Gasteiger charge is -2.00. The second-order valence-corrected chi connectivity index (χ2v) is 4.88. The van der Waals surface area contributed by atoms with E-state index in [1.54, 1.807) is 0 Å². The highest BCUT2D eigenvalue weighted by Gasteiger charge is 1.97. The molecule has 1 unspecified atom stereocenters. The summed E-state index contributed by atoms with van der Waals surface area (Å²) in [5.41, 5.74) is 0. The van der Waals surface area contributed by atoms with Gasteiger partial charge in [0.05, 0.1) is 0 Å². The minimum absolute atomic E-state index is 0.341. The molecule has 1 rings (SSSR count). The molecule has 0 N–H and O–H groups in total. The molecule has 0 radical (unpaired) electrons. The molecule has 0 nitrogen and oxygen atoms in total. The second-order valence-electron chi connectivity index (χ2n) is 3.11. The Morgan fingerprint density at radius 1 is 1.50 bits per heavy atom. The van der Waals surface area contributed by atoms with E-state index in [0.29, 0.717) is 5.38 Å². The van der Waals surface area contributed by atoms with Gasteiger partial charge in [0.15, 0.2) is 0 Å². The van der Waals surface area contributed by atoms with Gasteiger partial charge in [-0.1, -0.05) is 12.5 Å². The first-order valence-corrected chi connectivity index (χ1v) is 5.77. The van der Waals surface area contributed by atoms with Crippen LogP contribution in [0.4, 0.5) is 0 Å². The van der Waals surface area contributed by atoms with Gasteiger partial charge in [0, 0.05) is 10.3 Å². The van der Waals surface area contributed by atoms with E-state index in [0.717, 1.165) is 6.42 Å². The molecule has 1 aromatic heterocycles. The Hall–Kier alpha value is -0.0100. The molecule has 0 bridgehead atoms. The number of rotatable bonds is 5. The predicted molar refractivity (Wildman–Crippen MR) is 57.2 cm³/mol. The van der Waals surface area contributed by atoms with Crippen LogP contribution in [0.2, 0.25) is 0 Å². The average Bonchev–Trinajstić information content (AvgIpc) is 2.49. The average molecular weight is 203 g/mol. The lowest BCUT2D eigenvalue weighted by Crippen LogP contribution is -1.90. The van der Waals surface area contributed by atoms with E-state index in [2.05, 4.69) is 24.4 Å². The quantitative estimate of drug-likeness (QED) is 0.499. The molecular formula is C10H15ClS. The Balaban J connectivity index is 2.04. The summed E-state index contributed by atoms with van der Waals surface area (Å²) in [6.45, 7) is 2.06. The molecule has 0 fully saturated rings. The number of aryl methyl sites for hydroxylation is 1. The van der Waals surface area contributed by atoms with Crippen molar-refractivity contribution >= 4 is 22.9 Å². The van der Waals surface area contributed by atoms with Crippen molar-refractivity contribution in [1.82, 2.24) is 0 Å². The smallest absolute Gasteiger partial charge is 0.0307 e. The molecule has 0 spiro atoms. The van der Waals surface area contributed by atoms with Gasteiger partial charge in [-0.15, -0.1) is 22.9 Å². The second kappa shape index (κ2) is 5.60. The Morgan fingerprint density at radius 2 is 2.33 bits per heavy atom. The highest BCUT2D eigenvalue weighted by atomic mass is 35.5. The van der Waals surface area contributed by atoms with E-state index in [1.807, 2.05) is 11.3 Å². The molecule has 1 aromatic rings. The van der Waals surface area contributed by atoms with Crippen LogP contribution >= 0.6 is 22.9 Å². The van der Waals surface area contributed by atoms with Gasteiger partial charge in [-0.25, -0.2) is 0 Å². The zero-order valence-electron chi connectivity index (χ0n) is 7.42. The molecule has 68 valence electrons. The summed E-state index contributed by atoms with van der Waals surface area (Å²) in [6.07, 6.45) is 4.90. The number of alkyl halides is 1. The van der Waals surface area contributed by atoms with Gasteiger partial charge in [-0.05, 0) is 37.6 Å². The zero-order valence-corrected chi connectivity index (χ0v) is 9.00. The van der Waals surface area contributed by atoms with Gasteiger partial charge in [-0.3, -0.25) is 0 Å². The molecule has 0 saturated heterocycles. The van der Waals surface area contributed by atoms with Gasteiger partial charge < -0.3 is 0 Å². The van der Waals surface area contributed by atoms with Crippen LogP contribution in [-0.2, 0) is 6.42 Å². The van der Waals surface area contributed by atoms with E-state index >= 15 is 0 Å². The number of unbranched alkanes of at least 4 members (excludes halogenated alkanes) is 1. The first kappa shape index (κ1) is 10.1. The number of hydrogen-bond donors (Lipinski definition) is 0. The van der Waals surface area contributed by atoms with Crippen molar-refractivity contribution in [2.45, 2.75) is 38.0 Å². The van der Waals surface area contributed by atoms with Crippen molar-refractivity contribution in [1.29, 1.82) is 0 Å². The first-order valence-electron chi connectivity index (χ1n) is 4.45. The summed E-state index contributed by atoms with van der Waals surface area (Å²) in [4.78, 5) is 1.50. The maximum atomic E-state index is 5.84. The SMILES string of the molecule is CC(Cl)CCCCc1cccs1. The van der Waals surface area contributed by atoms with E-state index in [1.165, 1.54) is 24.1 Å². The van der Waals surface area contributed by atoms with Crippen LogP contribution in [0, 0.1) is 0 Å². The van der Waals surface area contributed by atoms with Crippen molar-refractivity contribution in [3.63, 3.8) is 0 Å². The Bertz CT molecular complexity index is 192. The van der Waals surface area contributed by atoms with Gasteiger partial charge in [0.2, 0.25) is 0 Å². The van der Waals surface area contributed by atoms with Crippen LogP contribution in [0.1, 0.15) is 31.1 Å². The monoisotopic (exact) mass is 202 g/mol. The predicted octanol–water partition coefficient (Wildman–Crippen LogP) is 4.09. The number of halogens is 1. The molecular weight excluding hydrogens is 188 g/mol. The van der Waals surface area contributed by atoms with Gasteiger partial charge >= 0.3 is 0 Å². The third-order valence-electron chi connectivity index (χ3n) is 1.86. The Morgan fingerprint density at radius 3 is 2.92 bits per heavy atom. The minimum Gasteiger partial charge on any atom is -0.149 e. The van der Waals surface area contributed by atoms with Gasteiger partial charge in [0.1, 0.15) is 0 Å². The molecule has 0 amide bonds. The van der Waals surface area contributed by atoms with E-state index in [4.69, 9.17) is 11.6 Å². The van der Waals surface area contributed by atoms with E-state index < -0.39 is 0 Å². The standard InChI is InChI=1S/C10H15ClS/c1-9(11)5-2-3-6-10-7-4-8-12-10/h4,7-9H,2-3,5-6H2,1H3. The lowest BCUT2D eigenvalue weighted by molar-refractivity contribution is 0.675. The maximum absolute atomic E-state index is 5.84. The van der Waals surface area contributed by atoms with Crippen molar-refractivity contribution in [3.05, 3.63) is 22.4 Å². The molecule has 12 heavy (non-hydrogen) atoms. The summed E-state index contributed by atoms with van der Waals surface area (Å²) in [7, 11) is 0. The fourth-order valence-electron chi connectivity index (χ4n) is 1.18. The van der Waals surface area contributed by atoms with E-state index in [-0.39, 0.29) is 0 Å². The van der Waals surface area contributed by atoms with Crippen LogP contribution < -0.4 is 0 Å². The molecule has 0 saturated carbocycles. The van der Waals surface area contributed by atoms with Crippen LogP contribution in [0.5, 0.6) is 0 Å². The van der Waals surface area contributed by atoms with E-state index in [9.17, 15) is 0 Å². The molecule has 0 aromatic carbocycles. The Labute approximate surface area is 83.6 Å². The minimum atomic E-state index is 0.341. The zero-order chi connectivity index (χ0) is 8.81. The third kappa shape index (κ3) is 4.13.